The Labute approximate surface area is 93.0 Å². The van der Waals surface area contributed by atoms with Gasteiger partial charge in [-0.05, 0) is 5.56 Å². The highest BCUT2D eigenvalue weighted by molar-refractivity contribution is 5.80. The first-order chi connectivity index (χ1) is 7.81. The molecule has 1 aromatic carbocycles. The lowest BCUT2D eigenvalue weighted by atomic mass is 10.1. The Hall–Kier alpha value is -2.30. The molecule has 0 saturated carbocycles. The maximum atomic E-state index is 5.49. The summed E-state index contributed by atoms with van der Waals surface area (Å²) in [5.74, 6) is 0.588. The average Bonchev–Trinajstić information content (AvgIpc) is 2.78. The van der Waals surface area contributed by atoms with Crippen LogP contribution in [0.25, 0.3) is 11.1 Å². The van der Waals surface area contributed by atoms with Crippen molar-refractivity contribution in [2.24, 2.45) is 10.7 Å². The van der Waals surface area contributed by atoms with Crippen LogP contribution < -0.4 is 5.73 Å². The van der Waals surface area contributed by atoms with Crippen LogP contribution in [-0.2, 0) is 4.74 Å². The number of methoxy groups -OCH3 is 1. The lowest BCUT2D eigenvalue weighted by Crippen LogP contribution is -2.12. The van der Waals surface area contributed by atoms with Gasteiger partial charge in [0.1, 0.15) is 0 Å². The van der Waals surface area contributed by atoms with Crippen molar-refractivity contribution in [1.29, 1.82) is 0 Å². The van der Waals surface area contributed by atoms with E-state index in [1.807, 2.05) is 30.3 Å². The molecule has 3 N–H and O–H groups in total. The van der Waals surface area contributed by atoms with Crippen LogP contribution in [0.15, 0.2) is 41.5 Å². The molecule has 5 heteroatoms. The van der Waals surface area contributed by atoms with E-state index in [0.717, 1.165) is 11.1 Å². The molecule has 2 rings (SSSR count). The lowest BCUT2D eigenvalue weighted by Gasteiger charge is -2.00. The molecule has 16 heavy (non-hydrogen) atoms. The van der Waals surface area contributed by atoms with Gasteiger partial charge in [0.25, 0.3) is 6.02 Å². The van der Waals surface area contributed by atoms with Crippen LogP contribution >= 0.6 is 0 Å². The minimum Gasteiger partial charge on any atom is -0.468 e. The molecule has 0 saturated heterocycles. The number of rotatable bonds is 2. The van der Waals surface area contributed by atoms with E-state index in [1.54, 1.807) is 6.20 Å². The maximum Gasteiger partial charge on any atom is 0.288 e. The third kappa shape index (κ3) is 2.03. The summed E-state index contributed by atoms with van der Waals surface area (Å²) >= 11 is 0. The summed E-state index contributed by atoms with van der Waals surface area (Å²) in [5.41, 5.74) is 7.41. The van der Waals surface area contributed by atoms with Gasteiger partial charge in [0.05, 0.1) is 13.3 Å². The number of aliphatic imine (C=N–C) groups is 1. The van der Waals surface area contributed by atoms with Gasteiger partial charge in [-0.25, -0.2) is 0 Å². The number of hydrogen-bond acceptors (Lipinski definition) is 3. The van der Waals surface area contributed by atoms with Crippen LogP contribution in [-0.4, -0.2) is 23.3 Å². The van der Waals surface area contributed by atoms with Gasteiger partial charge < -0.3 is 10.5 Å². The molecule has 82 valence electrons. The number of nitrogens with zero attached hydrogens (tertiary/aromatic N) is 2. The zero-order valence-electron chi connectivity index (χ0n) is 8.84. The summed E-state index contributed by atoms with van der Waals surface area (Å²) in [7, 11) is 1.47. The zero-order chi connectivity index (χ0) is 11.4. The van der Waals surface area contributed by atoms with Gasteiger partial charge in [-0.15, -0.1) is 0 Å². The van der Waals surface area contributed by atoms with Crippen molar-refractivity contribution >= 4 is 11.8 Å². The van der Waals surface area contributed by atoms with Crippen molar-refractivity contribution in [2.75, 3.05) is 7.11 Å². The van der Waals surface area contributed by atoms with E-state index in [0.29, 0.717) is 5.82 Å². The van der Waals surface area contributed by atoms with E-state index in [4.69, 9.17) is 10.5 Å². The Kier molecular flexibility index (Phi) is 2.86. The van der Waals surface area contributed by atoms with Crippen molar-refractivity contribution in [3.8, 4) is 11.1 Å². The van der Waals surface area contributed by atoms with E-state index < -0.39 is 0 Å². The van der Waals surface area contributed by atoms with E-state index in [9.17, 15) is 0 Å². The molecule has 5 nitrogen and oxygen atoms in total. The number of ether oxygens (including phenoxy) is 1. The van der Waals surface area contributed by atoms with Crippen LogP contribution in [0.1, 0.15) is 0 Å². The molecule has 1 heterocycles. The Morgan fingerprint density at radius 1 is 1.38 bits per heavy atom. The van der Waals surface area contributed by atoms with E-state index in [-0.39, 0.29) is 6.02 Å². The van der Waals surface area contributed by atoms with Crippen LogP contribution in [0, 0.1) is 0 Å². The molecule has 0 unspecified atom stereocenters. The quantitative estimate of drug-likeness (QED) is 0.592. The van der Waals surface area contributed by atoms with Gasteiger partial charge in [-0.3, -0.25) is 5.10 Å². The number of aromatic amines is 1. The summed E-state index contributed by atoms with van der Waals surface area (Å²) in [6, 6.07) is 9.92. The maximum absolute atomic E-state index is 5.49. The summed E-state index contributed by atoms with van der Waals surface area (Å²) in [6.07, 6.45) is 1.71. The van der Waals surface area contributed by atoms with Crippen molar-refractivity contribution in [3.05, 3.63) is 36.5 Å². The molecule has 0 aliphatic carbocycles. The second kappa shape index (κ2) is 4.48. The number of hydrogen-bond donors (Lipinski definition) is 2. The molecule has 1 aromatic heterocycles. The third-order valence-corrected chi connectivity index (χ3v) is 2.14. The molecule has 0 atom stereocenters. The minimum atomic E-state index is 0.0985. The summed E-state index contributed by atoms with van der Waals surface area (Å²) < 4.78 is 4.79. The SMILES string of the molecule is CO/C(N)=N\c1[nH]ncc1-c1ccccc1. The number of nitrogens with two attached hydrogens (primary N) is 1. The van der Waals surface area contributed by atoms with Gasteiger partial charge in [0, 0.05) is 5.56 Å². The second-order valence-electron chi connectivity index (χ2n) is 3.15. The predicted molar refractivity (Wildman–Crippen MR) is 62.3 cm³/mol. The summed E-state index contributed by atoms with van der Waals surface area (Å²) in [4.78, 5) is 4.07. The normalized spacial score (nSPS) is 11.4. The Bertz CT molecular complexity index is 490. The predicted octanol–water partition coefficient (Wildman–Crippen LogP) is 1.67. The smallest absolute Gasteiger partial charge is 0.288 e. The van der Waals surface area contributed by atoms with Gasteiger partial charge >= 0.3 is 0 Å². The van der Waals surface area contributed by atoms with E-state index in [1.165, 1.54) is 7.11 Å². The highest BCUT2D eigenvalue weighted by Gasteiger charge is 2.06. The van der Waals surface area contributed by atoms with E-state index >= 15 is 0 Å². The van der Waals surface area contributed by atoms with Crippen molar-refractivity contribution in [3.63, 3.8) is 0 Å². The van der Waals surface area contributed by atoms with Crippen molar-refractivity contribution in [2.45, 2.75) is 0 Å². The number of H-pyrrole nitrogens is 1. The van der Waals surface area contributed by atoms with Crippen LogP contribution in [0.5, 0.6) is 0 Å². The molecule has 0 bridgehead atoms. The number of aromatic nitrogens is 2. The first-order valence-electron chi connectivity index (χ1n) is 4.78. The van der Waals surface area contributed by atoms with E-state index in [2.05, 4.69) is 15.2 Å². The fraction of sp³-hybridized carbons (Fsp3) is 0.0909. The fourth-order valence-electron chi connectivity index (χ4n) is 1.35. The Morgan fingerprint density at radius 2 is 2.12 bits per heavy atom. The van der Waals surface area contributed by atoms with Crippen LogP contribution in [0.4, 0.5) is 5.82 Å². The van der Waals surface area contributed by atoms with Gasteiger partial charge in [0.2, 0.25) is 0 Å². The summed E-state index contributed by atoms with van der Waals surface area (Å²) in [6.45, 7) is 0. The fourth-order valence-corrected chi connectivity index (χ4v) is 1.35. The topological polar surface area (TPSA) is 76.3 Å². The highest BCUT2D eigenvalue weighted by Crippen LogP contribution is 2.27. The summed E-state index contributed by atoms with van der Waals surface area (Å²) in [5, 5.41) is 6.71. The van der Waals surface area contributed by atoms with Crippen molar-refractivity contribution < 1.29 is 4.74 Å². The Morgan fingerprint density at radius 3 is 2.81 bits per heavy atom. The van der Waals surface area contributed by atoms with Crippen LogP contribution in [0.3, 0.4) is 0 Å². The molecule has 0 aliphatic heterocycles. The van der Waals surface area contributed by atoms with Crippen molar-refractivity contribution in [1.82, 2.24) is 10.2 Å². The molecular formula is C11H12N4O. The lowest BCUT2D eigenvalue weighted by molar-refractivity contribution is 0.397. The number of benzene rings is 1. The molecule has 0 aliphatic rings. The molecule has 2 aromatic rings. The zero-order valence-corrected chi connectivity index (χ0v) is 8.84. The van der Waals surface area contributed by atoms with Gasteiger partial charge in [0.15, 0.2) is 5.82 Å². The Balaban J connectivity index is 2.41. The monoisotopic (exact) mass is 216 g/mol. The first-order valence-corrected chi connectivity index (χ1v) is 4.78. The minimum absolute atomic E-state index is 0.0985. The first kappa shape index (κ1) is 10.2. The van der Waals surface area contributed by atoms with Gasteiger partial charge in [-0.1, -0.05) is 30.3 Å². The molecular weight excluding hydrogens is 204 g/mol. The molecule has 0 radical (unpaired) electrons. The second-order valence-corrected chi connectivity index (χ2v) is 3.15. The largest absolute Gasteiger partial charge is 0.468 e. The molecule has 0 spiro atoms. The average molecular weight is 216 g/mol. The molecule has 0 fully saturated rings. The number of amidine groups is 1. The third-order valence-electron chi connectivity index (χ3n) is 2.14. The molecule has 0 amide bonds. The highest BCUT2D eigenvalue weighted by atomic mass is 16.5. The van der Waals surface area contributed by atoms with Crippen LogP contribution in [0.2, 0.25) is 0 Å². The standard InChI is InChI=1S/C11H12N4O/c1-16-11(12)14-10-9(7-13-15-10)8-5-3-2-4-6-8/h2-7H,1H3,(H3,12,13,14,15). The number of nitrogens with one attached hydrogen (secondary N) is 1. The van der Waals surface area contributed by atoms with Gasteiger partial charge in [-0.2, -0.15) is 10.1 Å².